The van der Waals surface area contributed by atoms with Crippen molar-refractivity contribution in [3.8, 4) is 0 Å². The number of carbonyl (C=O) groups is 1. The van der Waals surface area contributed by atoms with E-state index in [-0.39, 0.29) is 18.3 Å². The van der Waals surface area contributed by atoms with Crippen LogP contribution in [0.15, 0.2) is 22.7 Å². The van der Waals surface area contributed by atoms with Gasteiger partial charge in [0.25, 0.3) is 5.91 Å². The highest BCUT2D eigenvalue weighted by Crippen LogP contribution is 2.18. The lowest BCUT2D eigenvalue weighted by Crippen LogP contribution is -2.27. The number of anilines is 1. The number of ether oxygens (including phenoxy) is 1. The van der Waals surface area contributed by atoms with Crippen LogP contribution in [0.5, 0.6) is 0 Å². The van der Waals surface area contributed by atoms with Crippen LogP contribution < -0.4 is 11.1 Å². The molecule has 1 aromatic rings. The van der Waals surface area contributed by atoms with Gasteiger partial charge in [0.15, 0.2) is 0 Å². The molecule has 3 N–H and O–H groups in total. The van der Waals surface area contributed by atoms with Gasteiger partial charge in [-0.15, -0.1) is 12.4 Å². The third kappa shape index (κ3) is 5.39. The highest BCUT2D eigenvalue weighted by Gasteiger charge is 2.08. The van der Waals surface area contributed by atoms with Gasteiger partial charge >= 0.3 is 0 Å². The highest BCUT2D eigenvalue weighted by molar-refractivity contribution is 9.10. The summed E-state index contributed by atoms with van der Waals surface area (Å²) in [5.74, 6) is -0.176. The fraction of sp³-hybridized carbons (Fsp3) is 0.364. The van der Waals surface area contributed by atoms with Crippen molar-refractivity contribution >= 4 is 39.9 Å². The van der Waals surface area contributed by atoms with Crippen molar-refractivity contribution in [1.29, 1.82) is 0 Å². The molecule has 1 amide bonds. The molecule has 0 atom stereocenters. The highest BCUT2D eigenvalue weighted by atomic mass is 79.9. The molecule has 1 aromatic carbocycles. The smallest absolute Gasteiger partial charge is 0.253 e. The molecule has 1 rings (SSSR count). The summed E-state index contributed by atoms with van der Waals surface area (Å²) in [6, 6.07) is 5.18. The molecule has 17 heavy (non-hydrogen) atoms. The Labute approximate surface area is 115 Å². The van der Waals surface area contributed by atoms with E-state index in [9.17, 15) is 4.79 Å². The summed E-state index contributed by atoms with van der Waals surface area (Å²) >= 11 is 3.29. The minimum Gasteiger partial charge on any atom is -0.398 e. The molecule has 0 fully saturated rings. The lowest BCUT2D eigenvalue weighted by Gasteiger charge is -2.07. The quantitative estimate of drug-likeness (QED) is 0.645. The molecule has 0 aliphatic carbocycles. The summed E-state index contributed by atoms with van der Waals surface area (Å²) < 4.78 is 5.97. The molecule has 0 heterocycles. The maximum absolute atomic E-state index is 11.7. The number of halogens is 2. The number of amides is 1. The molecular weight excluding hydrogens is 307 g/mol. The number of hydrogen-bond donors (Lipinski definition) is 2. The van der Waals surface area contributed by atoms with Crippen molar-refractivity contribution in [1.82, 2.24) is 5.32 Å². The maximum atomic E-state index is 11.7. The van der Waals surface area contributed by atoms with Gasteiger partial charge in [0, 0.05) is 23.3 Å². The molecule has 0 aliphatic rings. The number of benzene rings is 1. The normalized spacial score (nSPS) is 9.53. The van der Waals surface area contributed by atoms with Gasteiger partial charge in [0.1, 0.15) is 0 Å². The SMILES string of the molecule is CCOCCNC(=O)c1ccc(Br)cc1N.Cl. The predicted octanol–water partition coefficient (Wildman–Crippen LogP) is 2.22. The summed E-state index contributed by atoms with van der Waals surface area (Å²) in [4.78, 5) is 11.7. The van der Waals surface area contributed by atoms with Gasteiger partial charge in [-0.2, -0.15) is 0 Å². The van der Waals surface area contributed by atoms with E-state index in [0.717, 1.165) is 4.47 Å². The van der Waals surface area contributed by atoms with E-state index >= 15 is 0 Å². The van der Waals surface area contributed by atoms with E-state index in [1.54, 1.807) is 18.2 Å². The van der Waals surface area contributed by atoms with Gasteiger partial charge < -0.3 is 15.8 Å². The lowest BCUT2D eigenvalue weighted by molar-refractivity contribution is 0.0923. The van der Waals surface area contributed by atoms with Crippen molar-refractivity contribution in [2.24, 2.45) is 0 Å². The standard InChI is InChI=1S/C11H15BrN2O2.ClH/c1-2-16-6-5-14-11(15)9-4-3-8(12)7-10(9)13;/h3-4,7H,2,5-6,13H2,1H3,(H,14,15);1H. The van der Waals surface area contributed by atoms with Gasteiger partial charge in [-0.1, -0.05) is 15.9 Å². The molecule has 0 radical (unpaired) electrons. The second-order valence-corrected chi connectivity index (χ2v) is 4.10. The zero-order valence-electron chi connectivity index (χ0n) is 9.53. The summed E-state index contributed by atoms with van der Waals surface area (Å²) in [6.07, 6.45) is 0. The maximum Gasteiger partial charge on any atom is 0.253 e. The summed E-state index contributed by atoms with van der Waals surface area (Å²) in [5.41, 5.74) is 6.68. The molecule has 0 unspecified atom stereocenters. The molecule has 0 aliphatic heterocycles. The van der Waals surface area contributed by atoms with Crippen LogP contribution in [-0.2, 0) is 4.74 Å². The van der Waals surface area contributed by atoms with Crippen LogP contribution in [0.25, 0.3) is 0 Å². The van der Waals surface area contributed by atoms with Crippen LogP contribution in [0.1, 0.15) is 17.3 Å². The van der Waals surface area contributed by atoms with E-state index in [1.807, 2.05) is 6.92 Å². The monoisotopic (exact) mass is 322 g/mol. The van der Waals surface area contributed by atoms with Crippen LogP contribution in [-0.4, -0.2) is 25.7 Å². The molecule has 6 heteroatoms. The Morgan fingerprint density at radius 2 is 2.24 bits per heavy atom. The second kappa shape index (κ2) is 8.33. The van der Waals surface area contributed by atoms with E-state index in [4.69, 9.17) is 10.5 Å². The van der Waals surface area contributed by atoms with Gasteiger partial charge in [-0.3, -0.25) is 4.79 Å². The summed E-state index contributed by atoms with van der Waals surface area (Å²) in [7, 11) is 0. The van der Waals surface area contributed by atoms with E-state index in [1.165, 1.54) is 0 Å². The molecule has 0 spiro atoms. The van der Waals surface area contributed by atoms with Crippen molar-refractivity contribution in [2.75, 3.05) is 25.5 Å². The molecule has 0 saturated heterocycles. The first-order valence-electron chi connectivity index (χ1n) is 5.06. The Morgan fingerprint density at radius 3 is 2.82 bits per heavy atom. The van der Waals surface area contributed by atoms with Gasteiger partial charge in [0.2, 0.25) is 0 Å². The number of nitrogens with two attached hydrogens (primary N) is 1. The molecule has 0 bridgehead atoms. The molecule has 96 valence electrons. The molecular formula is C11H16BrClN2O2. The van der Waals surface area contributed by atoms with E-state index in [0.29, 0.717) is 31.0 Å². The minimum atomic E-state index is -0.176. The number of nitrogen functional groups attached to an aromatic ring is 1. The zero-order valence-corrected chi connectivity index (χ0v) is 11.9. The average molecular weight is 324 g/mol. The summed E-state index contributed by atoms with van der Waals surface area (Å²) in [6.45, 7) is 3.56. The number of carbonyl (C=O) groups excluding carboxylic acids is 1. The first kappa shape index (κ1) is 16.2. The van der Waals surface area contributed by atoms with Crippen molar-refractivity contribution in [3.63, 3.8) is 0 Å². The fourth-order valence-corrected chi connectivity index (χ4v) is 1.60. The number of nitrogens with one attached hydrogen (secondary N) is 1. The van der Waals surface area contributed by atoms with E-state index < -0.39 is 0 Å². The van der Waals surface area contributed by atoms with Crippen LogP contribution in [0.2, 0.25) is 0 Å². The minimum absolute atomic E-state index is 0. The Kier molecular flexibility index (Phi) is 7.95. The Morgan fingerprint density at radius 1 is 1.53 bits per heavy atom. The first-order valence-corrected chi connectivity index (χ1v) is 5.85. The number of rotatable bonds is 5. The number of hydrogen-bond acceptors (Lipinski definition) is 3. The lowest BCUT2D eigenvalue weighted by atomic mass is 10.1. The van der Waals surface area contributed by atoms with Crippen LogP contribution in [0.4, 0.5) is 5.69 Å². The third-order valence-electron chi connectivity index (χ3n) is 1.99. The predicted molar refractivity (Wildman–Crippen MR) is 74.6 cm³/mol. The summed E-state index contributed by atoms with van der Waals surface area (Å²) in [5, 5.41) is 2.73. The zero-order chi connectivity index (χ0) is 12.0. The van der Waals surface area contributed by atoms with Crippen LogP contribution in [0.3, 0.4) is 0 Å². The average Bonchev–Trinajstić information content (AvgIpc) is 2.24. The Balaban J connectivity index is 0.00000256. The van der Waals surface area contributed by atoms with Gasteiger partial charge in [-0.25, -0.2) is 0 Å². The topological polar surface area (TPSA) is 64.3 Å². The van der Waals surface area contributed by atoms with Gasteiger partial charge in [-0.05, 0) is 25.1 Å². The first-order chi connectivity index (χ1) is 7.65. The molecule has 4 nitrogen and oxygen atoms in total. The largest absolute Gasteiger partial charge is 0.398 e. The van der Waals surface area contributed by atoms with Crippen LogP contribution >= 0.6 is 28.3 Å². The fourth-order valence-electron chi connectivity index (χ4n) is 1.22. The third-order valence-corrected chi connectivity index (χ3v) is 2.49. The molecule has 0 aromatic heterocycles. The van der Waals surface area contributed by atoms with E-state index in [2.05, 4.69) is 21.2 Å². The van der Waals surface area contributed by atoms with Crippen LogP contribution in [0, 0.1) is 0 Å². The Hall–Kier alpha value is -0.780. The molecule has 0 saturated carbocycles. The van der Waals surface area contributed by atoms with Crippen molar-refractivity contribution in [2.45, 2.75) is 6.92 Å². The van der Waals surface area contributed by atoms with Gasteiger partial charge in [0.05, 0.1) is 12.2 Å². The Bertz CT molecular complexity index is 374. The second-order valence-electron chi connectivity index (χ2n) is 3.18. The van der Waals surface area contributed by atoms with Crippen molar-refractivity contribution in [3.05, 3.63) is 28.2 Å². The van der Waals surface area contributed by atoms with Crippen molar-refractivity contribution < 1.29 is 9.53 Å².